The lowest BCUT2D eigenvalue weighted by molar-refractivity contribution is -0.127. The molecule has 1 aromatic rings. The van der Waals surface area contributed by atoms with Crippen molar-refractivity contribution in [3.8, 4) is 0 Å². The van der Waals surface area contributed by atoms with Crippen LogP contribution in [-0.2, 0) is 16.0 Å². The highest BCUT2D eigenvalue weighted by Crippen LogP contribution is 2.29. The second-order valence-electron chi connectivity index (χ2n) is 6.04. The fourth-order valence-electron chi connectivity index (χ4n) is 2.38. The zero-order valence-electron chi connectivity index (χ0n) is 12.0. The van der Waals surface area contributed by atoms with E-state index in [-0.39, 0.29) is 11.8 Å². The van der Waals surface area contributed by atoms with Gasteiger partial charge in [-0.15, -0.1) is 0 Å². The molecule has 0 spiro atoms. The molecule has 1 aliphatic rings. The van der Waals surface area contributed by atoms with Gasteiger partial charge in [-0.3, -0.25) is 4.79 Å². The highest BCUT2D eigenvalue weighted by molar-refractivity contribution is 5.87. The van der Waals surface area contributed by atoms with Crippen LogP contribution in [0.15, 0.2) is 24.3 Å². The van der Waals surface area contributed by atoms with Crippen molar-refractivity contribution in [2.75, 3.05) is 13.2 Å². The van der Waals surface area contributed by atoms with E-state index < -0.39 is 5.41 Å². The number of Topliss-reactive ketones (excluding diaryl/α,β-unsaturated/α-hetero) is 1. The normalized spacial score (nSPS) is 26.9. The monoisotopic (exact) mass is 261 g/mol. The van der Waals surface area contributed by atoms with Crippen molar-refractivity contribution in [3.63, 3.8) is 0 Å². The van der Waals surface area contributed by atoms with Crippen molar-refractivity contribution in [3.05, 3.63) is 35.4 Å². The third-order valence-corrected chi connectivity index (χ3v) is 4.17. The Bertz CT molecular complexity index is 452. The van der Waals surface area contributed by atoms with E-state index in [1.54, 1.807) is 0 Å². The molecule has 3 heteroatoms. The topological polar surface area (TPSA) is 52.3 Å². The number of hydrogen-bond acceptors (Lipinski definition) is 3. The maximum atomic E-state index is 12.4. The Labute approximate surface area is 115 Å². The number of hydrogen-bond donors (Lipinski definition) is 1. The molecular formula is C16H23NO2. The SMILES string of the molecule is CC(C)c1ccc(CC(=O)C2(C)COCC2N)cc1. The minimum atomic E-state index is -0.531. The van der Waals surface area contributed by atoms with E-state index in [9.17, 15) is 4.79 Å². The summed E-state index contributed by atoms with van der Waals surface area (Å²) in [7, 11) is 0. The van der Waals surface area contributed by atoms with Crippen LogP contribution in [0.3, 0.4) is 0 Å². The van der Waals surface area contributed by atoms with Crippen molar-refractivity contribution in [1.29, 1.82) is 0 Å². The van der Waals surface area contributed by atoms with Gasteiger partial charge in [-0.25, -0.2) is 0 Å². The first kappa shape index (κ1) is 14.2. The van der Waals surface area contributed by atoms with Gasteiger partial charge >= 0.3 is 0 Å². The third-order valence-electron chi connectivity index (χ3n) is 4.17. The number of rotatable bonds is 4. The van der Waals surface area contributed by atoms with Gasteiger partial charge in [0.25, 0.3) is 0 Å². The second-order valence-corrected chi connectivity index (χ2v) is 6.04. The van der Waals surface area contributed by atoms with Crippen LogP contribution < -0.4 is 5.73 Å². The third kappa shape index (κ3) is 2.88. The lowest BCUT2D eigenvalue weighted by Gasteiger charge is -2.25. The number of carbonyl (C=O) groups is 1. The lowest BCUT2D eigenvalue weighted by atomic mass is 9.79. The summed E-state index contributed by atoms with van der Waals surface area (Å²) in [5.41, 5.74) is 7.80. The van der Waals surface area contributed by atoms with Crippen LogP contribution in [0.5, 0.6) is 0 Å². The van der Waals surface area contributed by atoms with Crippen molar-refractivity contribution >= 4 is 5.78 Å². The Morgan fingerprint density at radius 3 is 2.53 bits per heavy atom. The Hall–Kier alpha value is -1.19. The smallest absolute Gasteiger partial charge is 0.147 e. The first-order valence-electron chi connectivity index (χ1n) is 6.89. The molecule has 2 atom stereocenters. The summed E-state index contributed by atoms with van der Waals surface area (Å²) in [5, 5.41) is 0. The van der Waals surface area contributed by atoms with Crippen molar-refractivity contribution < 1.29 is 9.53 Å². The van der Waals surface area contributed by atoms with Gasteiger partial charge in [0, 0.05) is 12.5 Å². The van der Waals surface area contributed by atoms with Gasteiger partial charge in [0.15, 0.2) is 0 Å². The fourth-order valence-corrected chi connectivity index (χ4v) is 2.38. The van der Waals surface area contributed by atoms with Gasteiger partial charge in [0.05, 0.1) is 18.6 Å². The Morgan fingerprint density at radius 1 is 1.42 bits per heavy atom. The predicted molar refractivity (Wildman–Crippen MR) is 76.1 cm³/mol. The van der Waals surface area contributed by atoms with E-state index in [0.717, 1.165) is 5.56 Å². The van der Waals surface area contributed by atoms with Crippen LogP contribution in [-0.4, -0.2) is 25.0 Å². The Morgan fingerprint density at radius 2 is 2.05 bits per heavy atom. The molecule has 2 N–H and O–H groups in total. The standard InChI is InChI=1S/C16H23NO2/c1-11(2)13-6-4-12(5-7-13)8-15(18)16(3)10-19-9-14(16)17/h4-7,11,14H,8-10,17H2,1-3H3. The average molecular weight is 261 g/mol. The highest BCUT2D eigenvalue weighted by atomic mass is 16.5. The summed E-state index contributed by atoms with van der Waals surface area (Å²) >= 11 is 0. The van der Waals surface area contributed by atoms with Crippen LogP contribution in [0.2, 0.25) is 0 Å². The molecule has 2 rings (SSSR count). The Kier molecular flexibility index (Phi) is 4.07. The van der Waals surface area contributed by atoms with E-state index in [0.29, 0.717) is 25.6 Å². The molecule has 0 saturated carbocycles. The van der Waals surface area contributed by atoms with Gasteiger partial charge in [-0.1, -0.05) is 38.1 Å². The van der Waals surface area contributed by atoms with Crippen molar-refractivity contribution in [2.45, 2.75) is 39.2 Å². The molecule has 0 radical (unpaired) electrons. The second kappa shape index (κ2) is 5.43. The van der Waals surface area contributed by atoms with Gasteiger partial charge in [0.2, 0.25) is 0 Å². The number of benzene rings is 1. The molecule has 0 aliphatic carbocycles. The molecule has 1 heterocycles. The first-order valence-corrected chi connectivity index (χ1v) is 6.89. The zero-order chi connectivity index (χ0) is 14.0. The molecule has 2 unspecified atom stereocenters. The summed E-state index contributed by atoms with van der Waals surface area (Å²) in [6, 6.07) is 8.09. The van der Waals surface area contributed by atoms with E-state index in [1.807, 2.05) is 19.1 Å². The van der Waals surface area contributed by atoms with E-state index in [1.165, 1.54) is 5.56 Å². The lowest BCUT2D eigenvalue weighted by Crippen LogP contribution is -2.45. The minimum absolute atomic E-state index is 0.176. The van der Waals surface area contributed by atoms with Crippen molar-refractivity contribution in [1.82, 2.24) is 0 Å². The first-order chi connectivity index (χ1) is 8.93. The molecule has 3 nitrogen and oxygen atoms in total. The van der Waals surface area contributed by atoms with E-state index >= 15 is 0 Å². The van der Waals surface area contributed by atoms with Gasteiger partial charge in [-0.05, 0) is 24.0 Å². The number of carbonyl (C=O) groups excluding carboxylic acids is 1. The average Bonchev–Trinajstić information content (AvgIpc) is 2.71. The van der Waals surface area contributed by atoms with Crippen molar-refractivity contribution in [2.24, 2.45) is 11.1 Å². The zero-order valence-corrected chi connectivity index (χ0v) is 12.0. The summed E-state index contributed by atoms with van der Waals surface area (Å²) in [5.74, 6) is 0.689. The molecule has 0 aromatic heterocycles. The Balaban J connectivity index is 2.06. The summed E-state index contributed by atoms with van der Waals surface area (Å²) in [4.78, 5) is 12.4. The van der Waals surface area contributed by atoms with Crippen LogP contribution in [0.25, 0.3) is 0 Å². The largest absolute Gasteiger partial charge is 0.379 e. The maximum absolute atomic E-state index is 12.4. The molecule has 1 aliphatic heterocycles. The molecule has 0 bridgehead atoms. The minimum Gasteiger partial charge on any atom is -0.379 e. The molecular weight excluding hydrogens is 238 g/mol. The fraction of sp³-hybridized carbons (Fsp3) is 0.562. The molecule has 1 aromatic carbocycles. The highest BCUT2D eigenvalue weighted by Gasteiger charge is 2.43. The molecule has 104 valence electrons. The van der Waals surface area contributed by atoms with Gasteiger partial charge in [-0.2, -0.15) is 0 Å². The van der Waals surface area contributed by atoms with Crippen LogP contribution >= 0.6 is 0 Å². The number of ketones is 1. The van der Waals surface area contributed by atoms with Crippen LogP contribution in [0.1, 0.15) is 37.8 Å². The maximum Gasteiger partial charge on any atom is 0.147 e. The molecule has 1 fully saturated rings. The van der Waals surface area contributed by atoms with E-state index in [2.05, 4.69) is 26.0 Å². The molecule has 0 amide bonds. The van der Waals surface area contributed by atoms with Crippen LogP contribution in [0.4, 0.5) is 0 Å². The summed E-state index contributed by atoms with van der Waals surface area (Å²) < 4.78 is 5.34. The predicted octanol–water partition coefficient (Wildman–Crippen LogP) is 2.29. The summed E-state index contributed by atoms with van der Waals surface area (Å²) in [6.45, 7) is 7.16. The molecule has 1 saturated heterocycles. The molecule has 19 heavy (non-hydrogen) atoms. The summed E-state index contributed by atoms with van der Waals surface area (Å²) in [6.07, 6.45) is 0.436. The van der Waals surface area contributed by atoms with Crippen LogP contribution in [0, 0.1) is 5.41 Å². The number of ether oxygens (including phenoxy) is 1. The quantitative estimate of drug-likeness (QED) is 0.904. The number of nitrogens with two attached hydrogens (primary N) is 1. The van der Waals surface area contributed by atoms with Gasteiger partial charge in [0.1, 0.15) is 5.78 Å². The van der Waals surface area contributed by atoms with Gasteiger partial charge < -0.3 is 10.5 Å². The van der Waals surface area contributed by atoms with E-state index in [4.69, 9.17) is 10.5 Å².